The summed E-state index contributed by atoms with van der Waals surface area (Å²) in [7, 11) is 0. The zero-order valence-corrected chi connectivity index (χ0v) is 15.9. The summed E-state index contributed by atoms with van der Waals surface area (Å²) in [6.45, 7) is 2.80. The Bertz CT molecular complexity index is 681. The van der Waals surface area contributed by atoms with E-state index in [1.807, 2.05) is 0 Å². The Morgan fingerprint density at radius 3 is 1.79 bits per heavy atom. The molecule has 1 aliphatic rings. The Labute approximate surface area is 164 Å². The molecule has 1 aromatic heterocycles. The first-order chi connectivity index (χ1) is 13.2. The molecule has 0 aromatic carbocycles. The van der Waals surface area contributed by atoms with Crippen LogP contribution in [0.4, 0.5) is 5.82 Å². The van der Waals surface area contributed by atoms with E-state index < -0.39 is 54.7 Å². The molecule has 166 valence electrons. The number of nitrogens with two attached hydrogens (primary N) is 1. The monoisotopic (exact) mass is 423 g/mol. The molecule has 1 aliphatic heterocycles. The molecule has 1 saturated heterocycles. The first-order valence-electron chi connectivity index (χ1n) is 7.80. The van der Waals surface area contributed by atoms with Crippen molar-refractivity contribution in [3.8, 4) is 0 Å². The average Bonchev–Trinajstić information content (AvgIpc) is 2.81. The number of carbonyl (C=O) groups is 3. The third-order valence-electron chi connectivity index (χ3n) is 2.64. The third-order valence-corrected chi connectivity index (χ3v) is 2.64. The smallest absolute Gasteiger partial charge is 0.351 e. The van der Waals surface area contributed by atoms with Gasteiger partial charge >= 0.3 is 5.69 Å². The summed E-state index contributed by atoms with van der Waals surface area (Å²) in [4.78, 5) is 42.0. The fourth-order valence-electron chi connectivity index (χ4n) is 1.73. The van der Waals surface area contributed by atoms with Gasteiger partial charge in [-0.15, -0.1) is 0 Å². The van der Waals surface area contributed by atoms with Crippen LogP contribution in [0.25, 0.3) is 0 Å². The number of nitrogen functional groups attached to an aromatic ring is 1. The summed E-state index contributed by atoms with van der Waals surface area (Å²) in [5, 5.41) is 50.4. The van der Waals surface area contributed by atoms with Crippen LogP contribution in [0.3, 0.4) is 0 Å². The SMILES string of the molecule is CC(=O)O.CC(=O)O.CC(=O)O.Nc1ccn([C@@H]2O[C@H](CO)[C@@H](O)[C@@H]2O)c(=O)n1. The number of anilines is 1. The molecular formula is C15H25N3O11. The quantitative estimate of drug-likeness (QED) is 0.265. The summed E-state index contributed by atoms with van der Waals surface area (Å²) in [5.41, 5.74) is 4.63. The van der Waals surface area contributed by atoms with E-state index in [9.17, 15) is 15.0 Å². The largest absolute Gasteiger partial charge is 0.481 e. The van der Waals surface area contributed by atoms with Crippen molar-refractivity contribution in [1.29, 1.82) is 0 Å². The molecule has 14 heteroatoms. The average molecular weight is 423 g/mol. The molecule has 0 bridgehead atoms. The lowest BCUT2D eigenvalue weighted by molar-refractivity contribution is -0.135. The number of aliphatic hydroxyl groups excluding tert-OH is 3. The lowest BCUT2D eigenvalue weighted by atomic mass is 10.1. The van der Waals surface area contributed by atoms with Gasteiger partial charge in [0.1, 0.15) is 24.1 Å². The fourth-order valence-corrected chi connectivity index (χ4v) is 1.73. The van der Waals surface area contributed by atoms with Crippen LogP contribution >= 0.6 is 0 Å². The van der Waals surface area contributed by atoms with Crippen molar-refractivity contribution >= 4 is 23.7 Å². The Balaban J connectivity index is 0. The minimum atomic E-state index is -1.31. The van der Waals surface area contributed by atoms with Gasteiger partial charge in [-0.3, -0.25) is 19.0 Å². The van der Waals surface area contributed by atoms with E-state index in [2.05, 4.69) is 4.98 Å². The van der Waals surface area contributed by atoms with Gasteiger partial charge in [0.15, 0.2) is 6.23 Å². The predicted octanol–water partition coefficient (Wildman–Crippen LogP) is -2.29. The number of ether oxygens (including phenoxy) is 1. The topological polar surface area (TPSA) is 243 Å². The molecule has 14 nitrogen and oxygen atoms in total. The summed E-state index contributed by atoms with van der Waals surface area (Å²) in [6.07, 6.45) is -3.27. The lowest BCUT2D eigenvalue weighted by Crippen LogP contribution is -2.36. The van der Waals surface area contributed by atoms with Gasteiger partial charge in [-0.05, 0) is 6.07 Å². The van der Waals surface area contributed by atoms with Crippen molar-refractivity contribution in [1.82, 2.24) is 9.55 Å². The minimum absolute atomic E-state index is 0.0537. The highest BCUT2D eigenvalue weighted by Crippen LogP contribution is 2.27. The predicted molar refractivity (Wildman–Crippen MR) is 95.8 cm³/mol. The van der Waals surface area contributed by atoms with Crippen LogP contribution < -0.4 is 11.4 Å². The molecule has 0 radical (unpaired) electrons. The fraction of sp³-hybridized carbons (Fsp3) is 0.533. The molecule has 0 aliphatic carbocycles. The summed E-state index contributed by atoms with van der Waals surface area (Å²) >= 11 is 0. The van der Waals surface area contributed by atoms with Gasteiger partial charge in [-0.25, -0.2) is 4.79 Å². The molecule has 2 heterocycles. The van der Waals surface area contributed by atoms with E-state index in [1.165, 1.54) is 12.3 Å². The van der Waals surface area contributed by atoms with Gasteiger partial charge < -0.3 is 41.1 Å². The molecule has 0 unspecified atom stereocenters. The Kier molecular flexibility index (Phi) is 13.6. The first kappa shape index (κ1) is 28.1. The number of aromatic nitrogens is 2. The molecule has 8 N–H and O–H groups in total. The van der Waals surface area contributed by atoms with E-state index in [4.69, 9.17) is 45.3 Å². The summed E-state index contributed by atoms with van der Waals surface area (Å²) in [6, 6.07) is 1.37. The Morgan fingerprint density at radius 2 is 1.48 bits per heavy atom. The van der Waals surface area contributed by atoms with Crippen molar-refractivity contribution in [2.24, 2.45) is 0 Å². The molecule has 4 atom stereocenters. The number of hydrogen-bond acceptors (Lipinski definition) is 10. The van der Waals surface area contributed by atoms with Crippen LogP contribution in [-0.2, 0) is 19.1 Å². The van der Waals surface area contributed by atoms with E-state index in [-0.39, 0.29) is 5.82 Å². The van der Waals surface area contributed by atoms with Crippen LogP contribution in [0.2, 0.25) is 0 Å². The van der Waals surface area contributed by atoms with Gasteiger partial charge in [-0.1, -0.05) is 0 Å². The minimum Gasteiger partial charge on any atom is -0.481 e. The van der Waals surface area contributed by atoms with E-state index in [0.717, 1.165) is 25.3 Å². The van der Waals surface area contributed by atoms with Crippen LogP contribution in [0.15, 0.2) is 17.1 Å². The Hall–Kier alpha value is -3.07. The summed E-state index contributed by atoms with van der Waals surface area (Å²) in [5.74, 6) is -2.45. The molecule has 29 heavy (non-hydrogen) atoms. The first-order valence-corrected chi connectivity index (χ1v) is 7.80. The maximum absolute atomic E-state index is 11.5. The number of nitrogens with zero attached hydrogens (tertiary/aromatic N) is 2. The third kappa shape index (κ3) is 12.9. The van der Waals surface area contributed by atoms with Crippen LogP contribution in [0.5, 0.6) is 0 Å². The van der Waals surface area contributed by atoms with Crippen LogP contribution in [-0.4, -0.2) is 83.0 Å². The molecular weight excluding hydrogens is 398 g/mol. The lowest BCUT2D eigenvalue weighted by Gasteiger charge is -2.16. The van der Waals surface area contributed by atoms with Crippen molar-refractivity contribution in [3.63, 3.8) is 0 Å². The highest BCUT2D eigenvalue weighted by Gasteiger charge is 2.43. The van der Waals surface area contributed by atoms with E-state index in [1.54, 1.807) is 0 Å². The van der Waals surface area contributed by atoms with Crippen molar-refractivity contribution < 1.29 is 49.8 Å². The van der Waals surface area contributed by atoms with E-state index in [0.29, 0.717) is 0 Å². The normalized spacial score (nSPS) is 21.9. The molecule has 1 fully saturated rings. The van der Waals surface area contributed by atoms with Gasteiger partial charge in [-0.2, -0.15) is 4.98 Å². The highest BCUT2D eigenvalue weighted by atomic mass is 16.6. The summed E-state index contributed by atoms with van der Waals surface area (Å²) < 4.78 is 6.19. The second-order valence-electron chi connectivity index (χ2n) is 5.33. The maximum atomic E-state index is 11.5. The van der Waals surface area contributed by atoms with E-state index >= 15 is 0 Å². The molecule has 0 saturated carbocycles. The number of hydrogen-bond donors (Lipinski definition) is 7. The number of carboxylic acids is 3. The Morgan fingerprint density at radius 1 is 1.07 bits per heavy atom. The highest BCUT2D eigenvalue weighted by molar-refractivity contribution is 5.63. The zero-order chi connectivity index (χ0) is 23.3. The van der Waals surface area contributed by atoms with Gasteiger partial charge in [0, 0.05) is 27.0 Å². The van der Waals surface area contributed by atoms with Crippen molar-refractivity contribution in [3.05, 3.63) is 22.7 Å². The van der Waals surface area contributed by atoms with Crippen LogP contribution in [0, 0.1) is 0 Å². The molecule has 1 aromatic rings. The van der Waals surface area contributed by atoms with Crippen molar-refractivity contribution in [2.75, 3.05) is 12.3 Å². The second-order valence-corrected chi connectivity index (χ2v) is 5.33. The molecule has 0 amide bonds. The van der Waals surface area contributed by atoms with Gasteiger partial charge in [0.2, 0.25) is 0 Å². The maximum Gasteiger partial charge on any atom is 0.351 e. The van der Waals surface area contributed by atoms with Crippen LogP contribution in [0.1, 0.15) is 27.0 Å². The zero-order valence-electron chi connectivity index (χ0n) is 15.9. The number of aliphatic carboxylic acids is 3. The van der Waals surface area contributed by atoms with Gasteiger partial charge in [0.05, 0.1) is 6.61 Å². The number of aliphatic hydroxyl groups is 3. The van der Waals surface area contributed by atoms with Crippen molar-refractivity contribution in [2.45, 2.75) is 45.3 Å². The molecule has 0 spiro atoms. The second kappa shape index (κ2) is 14.0. The molecule has 2 rings (SSSR count). The number of rotatable bonds is 2. The number of carboxylic acid groups (broad SMARTS) is 3. The van der Waals surface area contributed by atoms with Gasteiger partial charge in [0.25, 0.3) is 17.9 Å². The standard InChI is InChI=1S/C9H13N3O5.3C2H4O2/c10-5-1-2-12(9(16)11-5)8-7(15)6(14)4(3-13)17-8;3*1-2(3)4/h1-2,4,6-8,13-15H,3H2,(H2,10,11,16);3*1H3,(H,3,4)/t4-,6-,7+,8-;;;/m1.../s1.